The molecule has 0 aliphatic carbocycles. The summed E-state index contributed by atoms with van der Waals surface area (Å²) in [5, 5.41) is 9.56. The van der Waals surface area contributed by atoms with Crippen LogP contribution >= 0.6 is 0 Å². The van der Waals surface area contributed by atoms with Crippen molar-refractivity contribution >= 4 is 9.84 Å². The Hall–Kier alpha value is -0.940. The quantitative estimate of drug-likeness (QED) is 0.796. The molecule has 14 heavy (non-hydrogen) atoms. The van der Waals surface area contributed by atoms with Crippen molar-refractivity contribution in [1.29, 1.82) is 0 Å². The van der Waals surface area contributed by atoms with Crippen molar-refractivity contribution in [3.63, 3.8) is 0 Å². The van der Waals surface area contributed by atoms with Crippen molar-refractivity contribution < 1.29 is 13.5 Å². The first-order valence-corrected chi connectivity index (χ1v) is 6.32. The zero-order chi connectivity index (χ0) is 10.6. The number of hydrogen-bond acceptors (Lipinski definition) is 4. The highest BCUT2D eigenvalue weighted by molar-refractivity contribution is 7.90. The smallest absolute Gasteiger partial charge is 0.147 e. The summed E-state index contributed by atoms with van der Waals surface area (Å²) in [7, 11) is -3.01. The van der Waals surface area contributed by atoms with Crippen LogP contribution < -0.4 is 0 Å². The number of rotatable bonds is 4. The fourth-order valence-electron chi connectivity index (χ4n) is 1.05. The second kappa shape index (κ2) is 4.52. The molecule has 1 N–H and O–H groups in total. The molecule has 5 heteroatoms. The number of aromatic nitrogens is 1. The number of sulfone groups is 1. The first-order valence-electron chi connectivity index (χ1n) is 4.26. The van der Waals surface area contributed by atoms with Crippen molar-refractivity contribution in [1.82, 2.24) is 4.98 Å². The van der Waals surface area contributed by atoms with Gasteiger partial charge < -0.3 is 5.11 Å². The van der Waals surface area contributed by atoms with Gasteiger partial charge in [-0.15, -0.1) is 0 Å². The Bertz CT molecular complexity index is 374. The van der Waals surface area contributed by atoms with Crippen molar-refractivity contribution in [2.24, 2.45) is 0 Å². The summed E-state index contributed by atoms with van der Waals surface area (Å²) in [5.74, 6) is -0.0231. The van der Waals surface area contributed by atoms with Crippen LogP contribution in [0.1, 0.15) is 18.2 Å². The topological polar surface area (TPSA) is 67.3 Å². The fourth-order valence-corrected chi connectivity index (χ4v) is 1.70. The fraction of sp³-hybridized carbons (Fsp3) is 0.444. The van der Waals surface area contributed by atoms with Gasteiger partial charge in [0, 0.05) is 12.5 Å². The van der Waals surface area contributed by atoms with Gasteiger partial charge in [-0.2, -0.15) is 0 Å². The van der Waals surface area contributed by atoms with Crippen LogP contribution in [0.3, 0.4) is 0 Å². The summed E-state index contributed by atoms with van der Waals surface area (Å²) >= 11 is 0. The lowest BCUT2D eigenvalue weighted by Crippen LogP contribution is -2.09. The molecule has 1 rings (SSSR count). The largest absolute Gasteiger partial charge is 0.387 e. The second-order valence-corrected chi connectivity index (χ2v) is 5.45. The summed E-state index contributed by atoms with van der Waals surface area (Å²) in [5.41, 5.74) is 0.510. The molecule has 1 atom stereocenters. The van der Waals surface area contributed by atoms with Crippen molar-refractivity contribution in [2.75, 3.05) is 12.0 Å². The number of aliphatic hydroxyl groups excluding tert-OH is 1. The van der Waals surface area contributed by atoms with E-state index in [1.54, 1.807) is 24.4 Å². The SMILES string of the molecule is CS(=O)(=O)CCC(O)c1ccccn1. The molecule has 0 aliphatic heterocycles. The number of aliphatic hydroxyl groups is 1. The average Bonchev–Trinajstić information content (AvgIpc) is 2.14. The summed E-state index contributed by atoms with van der Waals surface area (Å²) in [4.78, 5) is 3.93. The Morgan fingerprint density at radius 2 is 2.21 bits per heavy atom. The third-order valence-corrected chi connectivity index (χ3v) is 2.77. The highest BCUT2D eigenvalue weighted by atomic mass is 32.2. The molecule has 0 radical (unpaired) electrons. The van der Waals surface area contributed by atoms with E-state index in [1.807, 2.05) is 0 Å². The standard InChI is InChI=1S/C9H13NO3S/c1-14(12,13)7-5-9(11)8-4-2-3-6-10-8/h2-4,6,9,11H,5,7H2,1H3. The molecular formula is C9H13NO3S. The molecule has 0 saturated carbocycles. The minimum Gasteiger partial charge on any atom is -0.387 e. The van der Waals surface area contributed by atoms with Gasteiger partial charge in [-0.3, -0.25) is 4.98 Å². The van der Waals surface area contributed by atoms with Gasteiger partial charge in [-0.05, 0) is 18.6 Å². The van der Waals surface area contributed by atoms with E-state index >= 15 is 0 Å². The molecule has 0 bridgehead atoms. The molecule has 0 saturated heterocycles. The van der Waals surface area contributed by atoms with Crippen LogP contribution in [0.25, 0.3) is 0 Å². The van der Waals surface area contributed by atoms with Crippen LogP contribution in [0, 0.1) is 0 Å². The first-order chi connectivity index (χ1) is 6.49. The van der Waals surface area contributed by atoms with E-state index in [1.165, 1.54) is 0 Å². The van der Waals surface area contributed by atoms with Gasteiger partial charge >= 0.3 is 0 Å². The molecule has 0 spiro atoms. The van der Waals surface area contributed by atoms with Crippen LogP contribution in [0.2, 0.25) is 0 Å². The Morgan fingerprint density at radius 3 is 2.71 bits per heavy atom. The van der Waals surface area contributed by atoms with E-state index in [2.05, 4.69) is 4.98 Å². The van der Waals surface area contributed by atoms with Crippen molar-refractivity contribution in [3.8, 4) is 0 Å². The Balaban J connectivity index is 2.56. The maximum absolute atomic E-state index is 10.8. The molecule has 1 aromatic rings. The molecule has 4 nitrogen and oxygen atoms in total. The van der Waals surface area contributed by atoms with Gasteiger partial charge in [-0.25, -0.2) is 8.42 Å². The lowest BCUT2D eigenvalue weighted by Gasteiger charge is -2.08. The molecule has 0 aliphatic rings. The molecule has 78 valence electrons. The summed E-state index contributed by atoms with van der Waals surface area (Å²) in [6, 6.07) is 5.17. The van der Waals surface area contributed by atoms with Crippen LogP contribution in [0.4, 0.5) is 0 Å². The van der Waals surface area contributed by atoms with E-state index in [0.717, 1.165) is 6.26 Å². The monoisotopic (exact) mass is 215 g/mol. The van der Waals surface area contributed by atoms with Crippen molar-refractivity contribution in [2.45, 2.75) is 12.5 Å². The van der Waals surface area contributed by atoms with Crippen LogP contribution in [0.15, 0.2) is 24.4 Å². The molecule has 1 unspecified atom stereocenters. The molecule has 0 fully saturated rings. The van der Waals surface area contributed by atoms with Gasteiger partial charge in [0.15, 0.2) is 0 Å². The highest BCUT2D eigenvalue weighted by Gasteiger charge is 2.11. The minimum atomic E-state index is -3.01. The molecule has 1 heterocycles. The summed E-state index contributed by atoms with van der Waals surface area (Å²) in [6.45, 7) is 0. The maximum Gasteiger partial charge on any atom is 0.147 e. The van der Waals surface area contributed by atoms with E-state index in [-0.39, 0.29) is 12.2 Å². The van der Waals surface area contributed by atoms with E-state index in [9.17, 15) is 13.5 Å². The summed E-state index contributed by atoms with van der Waals surface area (Å²) in [6.07, 6.45) is 2.11. The normalized spacial score (nSPS) is 13.9. The second-order valence-electron chi connectivity index (χ2n) is 3.19. The van der Waals surface area contributed by atoms with Gasteiger partial charge in [0.1, 0.15) is 9.84 Å². The van der Waals surface area contributed by atoms with Gasteiger partial charge in [0.05, 0.1) is 17.6 Å². The van der Waals surface area contributed by atoms with Crippen LogP contribution in [0.5, 0.6) is 0 Å². The Kier molecular flexibility index (Phi) is 3.60. The Labute approximate surface area is 83.5 Å². The molecule has 1 aromatic heterocycles. The third-order valence-electron chi connectivity index (χ3n) is 1.79. The van der Waals surface area contributed by atoms with Crippen LogP contribution in [-0.4, -0.2) is 30.5 Å². The Morgan fingerprint density at radius 1 is 1.50 bits per heavy atom. The highest BCUT2D eigenvalue weighted by Crippen LogP contribution is 2.13. The van der Waals surface area contributed by atoms with Crippen molar-refractivity contribution in [3.05, 3.63) is 30.1 Å². The molecular weight excluding hydrogens is 202 g/mol. The molecule has 0 amide bonds. The van der Waals surface area contributed by atoms with E-state index in [4.69, 9.17) is 0 Å². The third kappa shape index (κ3) is 3.85. The lowest BCUT2D eigenvalue weighted by molar-refractivity contribution is 0.169. The zero-order valence-corrected chi connectivity index (χ0v) is 8.74. The molecule has 0 aromatic carbocycles. The van der Waals surface area contributed by atoms with E-state index in [0.29, 0.717) is 5.69 Å². The predicted molar refractivity (Wildman–Crippen MR) is 53.5 cm³/mol. The van der Waals surface area contributed by atoms with Gasteiger partial charge in [0.25, 0.3) is 0 Å². The lowest BCUT2D eigenvalue weighted by atomic mass is 10.2. The minimum absolute atomic E-state index is 0.0231. The number of hydrogen-bond donors (Lipinski definition) is 1. The van der Waals surface area contributed by atoms with Gasteiger partial charge in [-0.1, -0.05) is 6.07 Å². The average molecular weight is 215 g/mol. The first kappa shape index (κ1) is 11.1. The number of nitrogens with zero attached hydrogens (tertiary/aromatic N) is 1. The van der Waals surface area contributed by atoms with Gasteiger partial charge in [0.2, 0.25) is 0 Å². The predicted octanol–water partition coefficient (Wildman–Crippen LogP) is 0.550. The number of pyridine rings is 1. The maximum atomic E-state index is 10.8. The summed E-state index contributed by atoms with van der Waals surface area (Å²) < 4.78 is 21.7. The van der Waals surface area contributed by atoms with Crippen LogP contribution in [-0.2, 0) is 9.84 Å². The zero-order valence-electron chi connectivity index (χ0n) is 7.92. The van der Waals surface area contributed by atoms with E-state index < -0.39 is 15.9 Å².